The first kappa shape index (κ1) is 14.2. The van der Waals surface area contributed by atoms with Crippen molar-refractivity contribution in [2.75, 3.05) is 13.6 Å². The van der Waals surface area contributed by atoms with E-state index in [1.807, 2.05) is 0 Å². The minimum atomic E-state index is -4.18. The van der Waals surface area contributed by atoms with Crippen LogP contribution in [0.25, 0.3) is 0 Å². The summed E-state index contributed by atoms with van der Waals surface area (Å²) in [4.78, 5) is 11.9. The van der Waals surface area contributed by atoms with Crippen LogP contribution >= 0.6 is 0 Å². The summed E-state index contributed by atoms with van der Waals surface area (Å²) >= 11 is 0. The molecule has 0 fully saturated rings. The summed E-state index contributed by atoms with van der Waals surface area (Å²) in [7, 11) is 1.52. The van der Waals surface area contributed by atoms with Crippen LogP contribution in [0.3, 0.4) is 0 Å². The fraction of sp³-hybridized carbons (Fsp3) is 0.889. The third-order valence-electron chi connectivity index (χ3n) is 2.25. The molecule has 1 atom stereocenters. The Balaban J connectivity index is 4.04. The van der Waals surface area contributed by atoms with Crippen LogP contribution in [-0.4, -0.2) is 41.8 Å². The molecule has 0 aromatic heterocycles. The number of halogens is 3. The summed E-state index contributed by atoms with van der Waals surface area (Å²) in [5, 5.41) is 8.54. The average molecular weight is 227 g/mol. The van der Waals surface area contributed by atoms with Gasteiger partial charge in [0.2, 0.25) is 0 Å². The maximum atomic E-state index is 11.9. The lowest BCUT2D eigenvalue weighted by Crippen LogP contribution is -2.35. The topological polar surface area (TPSA) is 40.5 Å². The molecule has 15 heavy (non-hydrogen) atoms. The number of hydrogen-bond donors (Lipinski definition) is 1. The number of carbonyl (C=O) groups is 1. The van der Waals surface area contributed by atoms with Gasteiger partial charge in [-0.25, -0.2) is 0 Å². The van der Waals surface area contributed by atoms with Crippen molar-refractivity contribution in [3.05, 3.63) is 0 Å². The average Bonchev–Trinajstić information content (AvgIpc) is 2.08. The highest BCUT2D eigenvalue weighted by atomic mass is 19.4. The maximum absolute atomic E-state index is 11.9. The van der Waals surface area contributed by atoms with E-state index in [0.717, 1.165) is 0 Å². The molecule has 0 aliphatic heterocycles. The van der Waals surface area contributed by atoms with Crippen molar-refractivity contribution in [2.24, 2.45) is 0 Å². The van der Waals surface area contributed by atoms with E-state index in [4.69, 9.17) is 5.11 Å². The zero-order valence-electron chi connectivity index (χ0n) is 8.84. The Morgan fingerprint density at radius 1 is 1.47 bits per heavy atom. The molecule has 0 aromatic carbocycles. The van der Waals surface area contributed by atoms with E-state index in [9.17, 15) is 18.0 Å². The van der Waals surface area contributed by atoms with Crippen LogP contribution < -0.4 is 0 Å². The third kappa shape index (κ3) is 7.18. The minimum absolute atomic E-state index is 0.120. The molecule has 90 valence electrons. The van der Waals surface area contributed by atoms with Gasteiger partial charge >= 0.3 is 12.1 Å². The maximum Gasteiger partial charge on any atom is 0.390 e. The first-order chi connectivity index (χ1) is 6.76. The van der Waals surface area contributed by atoms with Gasteiger partial charge in [-0.15, -0.1) is 0 Å². The highest BCUT2D eigenvalue weighted by molar-refractivity contribution is 5.67. The molecule has 0 rings (SSSR count). The van der Waals surface area contributed by atoms with Gasteiger partial charge in [-0.1, -0.05) is 6.92 Å². The van der Waals surface area contributed by atoms with Crippen LogP contribution in [0, 0.1) is 0 Å². The number of hydrogen-bond acceptors (Lipinski definition) is 2. The highest BCUT2D eigenvalue weighted by Gasteiger charge is 2.28. The predicted molar refractivity (Wildman–Crippen MR) is 49.6 cm³/mol. The van der Waals surface area contributed by atoms with Crippen molar-refractivity contribution < 1.29 is 23.1 Å². The number of aliphatic carboxylic acids is 1. The van der Waals surface area contributed by atoms with Crippen molar-refractivity contribution in [3.63, 3.8) is 0 Å². The molecule has 0 saturated carbocycles. The molecule has 0 aliphatic rings. The van der Waals surface area contributed by atoms with E-state index in [1.54, 1.807) is 6.92 Å². The Bertz CT molecular complexity index is 206. The molecule has 0 aromatic rings. The zero-order chi connectivity index (χ0) is 12.1. The second kappa shape index (κ2) is 5.95. The molecular weight excluding hydrogens is 211 g/mol. The van der Waals surface area contributed by atoms with Crippen LogP contribution in [0.1, 0.15) is 26.2 Å². The van der Waals surface area contributed by atoms with Crippen molar-refractivity contribution in [3.8, 4) is 0 Å². The summed E-state index contributed by atoms with van der Waals surface area (Å²) in [5.74, 6) is -0.985. The largest absolute Gasteiger partial charge is 0.481 e. The molecule has 0 heterocycles. The van der Waals surface area contributed by atoms with E-state index < -0.39 is 18.6 Å². The second-order valence-electron chi connectivity index (χ2n) is 3.51. The lowest BCUT2D eigenvalue weighted by Gasteiger charge is -2.26. The summed E-state index contributed by atoms with van der Waals surface area (Å²) in [6.07, 6.45) is -4.68. The zero-order valence-corrected chi connectivity index (χ0v) is 8.84. The first-order valence-corrected chi connectivity index (χ1v) is 4.75. The molecule has 0 radical (unpaired) electrons. The van der Waals surface area contributed by atoms with Gasteiger partial charge in [0.25, 0.3) is 0 Å². The number of nitrogens with zero attached hydrogens (tertiary/aromatic N) is 1. The van der Waals surface area contributed by atoms with Crippen LogP contribution in [0.5, 0.6) is 0 Å². The van der Waals surface area contributed by atoms with Gasteiger partial charge in [0.15, 0.2) is 0 Å². The van der Waals surface area contributed by atoms with Crippen molar-refractivity contribution in [1.29, 1.82) is 0 Å². The molecular formula is C9H16F3NO2. The third-order valence-corrected chi connectivity index (χ3v) is 2.25. The number of alkyl halides is 3. The molecule has 1 N–H and O–H groups in total. The Morgan fingerprint density at radius 3 is 2.33 bits per heavy atom. The summed E-state index contributed by atoms with van der Waals surface area (Å²) < 4.78 is 35.7. The fourth-order valence-electron chi connectivity index (χ4n) is 1.30. The molecule has 0 saturated heterocycles. The molecule has 0 amide bonds. The van der Waals surface area contributed by atoms with Gasteiger partial charge < -0.3 is 10.0 Å². The molecule has 3 nitrogen and oxygen atoms in total. The molecule has 0 spiro atoms. The van der Waals surface area contributed by atoms with Crippen molar-refractivity contribution in [2.45, 2.75) is 38.4 Å². The van der Waals surface area contributed by atoms with Gasteiger partial charge in [-0.3, -0.25) is 4.79 Å². The predicted octanol–water partition coefficient (Wildman–Crippen LogP) is 2.12. The number of carboxylic acid groups (broad SMARTS) is 1. The smallest absolute Gasteiger partial charge is 0.390 e. The van der Waals surface area contributed by atoms with Gasteiger partial charge in [0, 0.05) is 12.6 Å². The molecule has 1 unspecified atom stereocenters. The number of rotatable bonds is 6. The van der Waals surface area contributed by atoms with Crippen LogP contribution in [0.4, 0.5) is 13.2 Å². The van der Waals surface area contributed by atoms with Gasteiger partial charge in [0.05, 0.1) is 12.8 Å². The lowest BCUT2D eigenvalue weighted by atomic mass is 10.1. The summed E-state index contributed by atoms with van der Waals surface area (Å²) in [6, 6.07) is -0.329. The van der Waals surface area contributed by atoms with Gasteiger partial charge in [0.1, 0.15) is 0 Å². The van der Waals surface area contributed by atoms with E-state index >= 15 is 0 Å². The summed E-state index contributed by atoms with van der Waals surface area (Å²) in [6.45, 7) is 1.60. The quantitative estimate of drug-likeness (QED) is 0.755. The normalized spacial score (nSPS) is 14.3. The standard InChI is InChI=1S/C9H16F3NO2/c1-3-7(6-8(14)15)13(2)5-4-9(10,11)12/h7H,3-6H2,1-2H3,(H,14,15). The monoisotopic (exact) mass is 227 g/mol. The Morgan fingerprint density at radius 2 is 2.00 bits per heavy atom. The molecule has 0 bridgehead atoms. The SMILES string of the molecule is CCC(CC(=O)O)N(C)CCC(F)(F)F. The van der Waals surface area contributed by atoms with Crippen LogP contribution in [0.2, 0.25) is 0 Å². The Kier molecular flexibility index (Phi) is 5.64. The Hall–Kier alpha value is -0.780. The second-order valence-corrected chi connectivity index (χ2v) is 3.51. The number of carboxylic acids is 1. The lowest BCUT2D eigenvalue weighted by molar-refractivity contribution is -0.141. The Labute approximate surface area is 86.9 Å². The van der Waals surface area contributed by atoms with Crippen LogP contribution in [-0.2, 0) is 4.79 Å². The van der Waals surface area contributed by atoms with Crippen molar-refractivity contribution in [1.82, 2.24) is 4.90 Å². The van der Waals surface area contributed by atoms with E-state index in [0.29, 0.717) is 6.42 Å². The summed E-state index contributed by atoms with van der Waals surface area (Å²) in [5.41, 5.74) is 0. The van der Waals surface area contributed by atoms with Crippen molar-refractivity contribution >= 4 is 5.97 Å². The molecule has 6 heteroatoms. The minimum Gasteiger partial charge on any atom is -0.481 e. The van der Waals surface area contributed by atoms with Crippen LogP contribution in [0.15, 0.2) is 0 Å². The van der Waals surface area contributed by atoms with E-state index in [2.05, 4.69) is 0 Å². The highest BCUT2D eigenvalue weighted by Crippen LogP contribution is 2.20. The van der Waals surface area contributed by atoms with E-state index in [1.165, 1.54) is 11.9 Å². The molecule has 0 aliphatic carbocycles. The van der Waals surface area contributed by atoms with Gasteiger partial charge in [-0.05, 0) is 13.5 Å². The van der Waals surface area contributed by atoms with Gasteiger partial charge in [-0.2, -0.15) is 13.2 Å². The fourth-order valence-corrected chi connectivity index (χ4v) is 1.30. The van der Waals surface area contributed by atoms with E-state index in [-0.39, 0.29) is 19.0 Å². The first-order valence-electron chi connectivity index (χ1n) is 4.75.